The molecule has 0 aromatic carbocycles. The molecule has 0 atom stereocenters. The minimum atomic E-state index is 0.570. The predicted octanol–water partition coefficient (Wildman–Crippen LogP) is 1.57. The van der Waals surface area contributed by atoms with Gasteiger partial charge in [0.2, 0.25) is 0 Å². The molecule has 0 bridgehead atoms. The van der Waals surface area contributed by atoms with Crippen LogP contribution in [0.3, 0.4) is 0 Å². The van der Waals surface area contributed by atoms with E-state index in [-0.39, 0.29) is 0 Å². The molecule has 1 saturated carbocycles. The maximum atomic E-state index is 5.68. The predicted molar refractivity (Wildman–Crippen MR) is 39.5 cm³/mol. The SMILES string of the molecule is C1CCC(ON2CCC2)C1. The van der Waals surface area contributed by atoms with E-state index in [9.17, 15) is 0 Å². The Labute approximate surface area is 62.1 Å². The Bertz CT molecular complexity index is 106. The quantitative estimate of drug-likeness (QED) is 0.578. The van der Waals surface area contributed by atoms with Crippen LogP contribution in [0.5, 0.6) is 0 Å². The van der Waals surface area contributed by atoms with Crippen molar-refractivity contribution in [2.24, 2.45) is 0 Å². The van der Waals surface area contributed by atoms with E-state index in [2.05, 4.69) is 5.06 Å². The summed E-state index contributed by atoms with van der Waals surface area (Å²) in [6.07, 6.45) is 7.22. The van der Waals surface area contributed by atoms with Crippen LogP contribution in [-0.2, 0) is 4.84 Å². The molecular formula is C8H15NO. The summed E-state index contributed by atoms with van der Waals surface area (Å²) in [5.74, 6) is 0. The Balaban J connectivity index is 1.68. The molecule has 2 heteroatoms. The normalized spacial score (nSPS) is 28.8. The fraction of sp³-hybridized carbons (Fsp3) is 1.00. The second kappa shape index (κ2) is 2.89. The summed E-state index contributed by atoms with van der Waals surface area (Å²) in [6.45, 7) is 2.33. The molecule has 2 aliphatic rings. The van der Waals surface area contributed by atoms with Crippen molar-refractivity contribution >= 4 is 0 Å². The van der Waals surface area contributed by atoms with Gasteiger partial charge in [-0.1, -0.05) is 12.8 Å². The molecule has 0 amide bonds. The molecule has 1 saturated heterocycles. The summed E-state index contributed by atoms with van der Waals surface area (Å²) in [6, 6.07) is 0. The van der Waals surface area contributed by atoms with E-state index >= 15 is 0 Å². The van der Waals surface area contributed by atoms with Crippen molar-refractivity contribution in [2.75, 3.05) is 13.1 Å². The number of hydroxylamine groups is 2. The second-order valence-corrected chi connectivity index (χ2v) is 3.29. The number of nitrogens with zero attached hydrogens (tertiary/aromatic N) is 1. The molecule has 2 nitrogen and oxygen atoms in total. The first kappa shape index (κ1) is 6.62. The summed E-state index contributed by atoms with van der Waals surface area (Å²) in [5.41, 5.74) is 0. The van der Waals surface area contributed by atoms with Crippen LogP contribution >= 0.6 is 0 Å². The smallest absolute Gasteiger partial charge is 0.0793 e. The first-order valence-electron chi connectivity index (χ1n) is 4.37. The zero-order valence-corrected chi connectivity index (χ0v) is 6.38. The van der Waals surface area contributed by atoms with Crippen molar-refractivity contribution in [1.82, 2.24) is 5.06 Å². The summed E-state index contributed by atoms with van der Waals surface area (Å²) in [5, 5.41) is 2.11. The molecule has 0 N–H and O–H groups in total. The second-order valence-electron chi connectivity index (χ2n) is 3.29. The van der Waals surface area contributed by atoms with Gasteiger partial charge in [-0.2, -0.15) is 5.06 Å². The van der Waals surface area contributed by atoms with E-state index in [1.165, 1.54) is 32.1 Å². The third kappa shape index (κ3) is 1.32. The van der Waals surface area contributed by atoms with Gasteiger partial charge in [-0.3, -0.25) is 4.84 Å². The summed E-state index contributed by atoms with van der Waals surface area (Å²) < 4.78 is 0. The van der Waals surface area contributed by atoms with Gasteiger partial charge in [0, 0.05) is 13.1 Å². The van der Waals surface area contributed by atoms with Gasteiger partial charge in [-0.15, -0.1) is 0 Å². The van der Waals surface area contributed by atoms with Gasteiger partial charge < -0.3 is 0 Å². The molecule has 1 heterocycles. The molecule has 0 unspecified atom stereocenters. The average Bonchev–Trinajstić information content (AvgIpc) is 2.29. The number of hydrogen-bond acceptors (Lipinski definition) is 2. The van der Waals surface area contributed by atoms with Crippen LogP contribution in [0.1, 0.15) is 32.1 Å². The molecule has 1 aliphatic heterocycles. The highest BCUT2D eigenvalue weighted by molar-refractivity contribution is 4.68. The Morgan fingerprint density at radius 2 is 1.70 bits per heavy atom. The van der Waals surface area contributed by atoms with Gasteiger partial charge in [0.15, 0.2) is 0 Å². The third-order valence-electron chi connectivity index (χ3n) is 2.42. The van der Waals surface area contributed by atoms with Gasteiger partial charge in [0.05, 0.1) is 6.10 Å². The van der Waals surface area contributed by atoms with Gasteiger partial charge in [0.1, 0.15) is 0 Å². The Morgan fingerprint density at radius 1 is 1.00 bits per heavy atom. The van der Waals surface area contributed by atoms with Crippen LogP contribution in [0, 0.1) is 0 Å². The van der Waals surface area contributed by atoms with Crippen molar-refractivity contribution < 1.29 is 4.84 Å². The molecule has 0 aromatic heterocycles. The maximum absolute atomic E-state index is 5.68. The first-order chi connectivity index (χ1) is 4.95. The van der Waals surface area contributed by atoms with E-state index in [0.717, 1.165) is 13.1 Å². The summed E-state index contributed by atoms with van der Waals surface area (Å²) in [7, 11) is 0. The lowest BCUT2D eigenvalue weighted by atomic mass is 10.3. The minimum absolute atomic E-state index is 0.570. The number of rotatable bonds is 2. The van der Waals surface area contributed by atoms with Crippen molar-refractivity contribution in [3.8, 4) is 0 Å². The van der Waals surface area contributed by atoms with E-state index < -0.39 is 0 Å². The highest BCUT2D eigenvalue weighted by Gasteiger charge is 2.22. The van der Waals surface area contributed by atoms with Gasteiger partial charge >= 0.3 is 0 Å². The van der Waals surface area contributed by atoms with E-state index in [4.69, 9.17) is 4.84 Å². The molecule has 0 aromatic rings. The van der Waals surface area contributed by atoms with Crippen molar-refractivity contribution in [2.45, 2.75) is 38.2 Å². The topological polar surface area (TPSA) is 12.5 Å². The van der Waals surface area contributed by atoms with Crippen molar-refractivity contribution in [3.63, 3.8) is 0 Å². The Morgan fingerprint density at radius 3 is 2.20 bits per heavy atom. The minimum Gasteiger partial charge on any atom is -0.296 e. The average molecular weight is 141 g/mol. The van der Waals surface area contributed by atoms with Crippen LogP contribution in [-0.4, -0.2) is 24.3 Å². The fourth-order valence-corrected chi connectivity index (χ4v) is 1.60. The molecule has 0 spiro atoms. The molecule has 58 valence electrons. The highest BCUT2D eigenvalue weighted by Crippen LogP contribution is 2.23. The summed E-state index contributed by atoms with van der Waals surface area (Å²) >= 11 is 0. The van der Waals surface area contributed by atoms with Crippen LogP contribution in [0.4, 0.5) is 0 Å². The third-order valence-corrected chi connectivity index (χ3v) is 2.42. The largest absolute Gasteiger partial charge is 0.296 e. The lowest BCUT2D eigenvalue weighted by Crippen LogP contribution is -2.39. The lowest BCUT2D eigenvalue weighted by molar-refractivity contribution is -0.228. The lowest BCUT2D eigenvalue weighted by Gasteiger charge is -2.32. The molecular weight excluding hydrogens is 126 g/mol. The van der Waals surface area contributed by atoms with E-state index in [1.807, 2.05) is 0 Å². The van der Waals surface area contributed by atoms with Gasteiger partial charge in [0.25, 0.3) is 0 Å². The Kier molecular flexibility index (Phi) is 1.91. The zero-order chi connectivity index (χ0) is 6.81. The van der Waals surface area contributed by atoms with Gasteiger partial charge in [-0.25, -0.2) is 0 Å². The van der Waals surface area contributed by atoms with Crippen LogP contribution in [0.2, 0.25) is 0 Å². The molecule has 0 radical (unpaired) electrons. The zero-order valence-electron chi connectivity index (χ0n) is 6.38. The molecule has 2 fully saturated rings. The standard InChI is InChI=1S/C8H15NO/c1-2-5-8(4-1)10-9-6-3-7-9/h8H,1-7H2. The molecule has 2 rings (SSSR count). The van der Waals surface area contributed by atoms with Gasteiger partial charge in [-0.05, 0) is 19.3 Å². The Hall–Kier alpha value is -0.0800. The van der Waals surface area contributed by atoms with Crippen LogP contribution in [0.15, 0.2) is 0 Å². The van der Waals surface area contributed by atoms with Crippen LogP contribution < -0.4 is 0 Å². The monoisotopic (exact) mass is 141 g/mol. The van der Waals surface area contributed by atoms with E-state index in [0.29, 0.717) is 6.10 Å². The first-order valence-corrected chi connectivity index (χ1v) is 4.37. The van der Waals surface area contributed by atoms with Crippen LogP contribution in [0.25, 0.3) is 0 Å². The fourth-order valence-electron chi connectivity index (χ4n) is 1.60. The summed E-state index contributed by atoms with van der Waals surface area (Å²) in [4.78, 5) is 5.68. The van der Waals surface area contributed by atoms with Crippen molar-refractivity contribution in [1.29, 1.82) is 0 Å². The number of hydrogen-bond donors (Lipinski definition) is 0. The van der Waals surface area contributed by atoms with Crippen molar-refractivity contribution in [3.05, 3.63) is 0 Å². The maximum Gasteiger partial charge on any atom is 0.0793 e. The molecule has 1 aliphatic carbocycles. The van der Waals surface area contributed by atoms with E-state index in [1.54, 1.807) is 0 Å². The molecule has 10 heavy (non-hydrogen) atoms. The highest BCUT2D eigenvalue weighted by atomic mass is 16.7.